The minimum Gasteiger partial charge on any atom is -0.287 e. The van der Waals surface area contributed by atoms with Crippen LogP contribution in [0.25, 0.3) is 16.8 Å². The fraction of sp³-hybridized carbons (Fsp3) is 0.160. The van der Waals surface area contributed by atoms with Crippen LogP contribution in [0.3, 0.4) is 0 Å². The number of nitrogens with zero attached hydrogens (tertiary/aromatic N) is 2. The number of rotatable bonds is 1. The van der Waals surface area contributed by atoms with E-state index in [1.54, 1.807) is 0 Å². The number of quaternary nitrogens is 1. The summed E-state index contributed by atoms with van der Waals surface area (Å²) in [6, 6.07) is 23.0. The zero-order valence-electron chi connectivity index (χ0n) is 16.0. The molecular formula is C25H18N3O2+. The number of benzene rings is 3. The van der Waals surface area contributed by atoms with Crippen molar-refractivity contribution in [2.24, 2.45) is 11.8 Å². The van der Waals surface area contributed by atoms with Gasteiger partial charge in [0.15, 0.2) is 6.04 Å². The summed E-state index contributed by atoms with van der Waals surface area (Å²) >= 11 is 0. The van der Waals surface area contributed by atoms with Gasteiger partial charge in [0.1, 0.15) is 23.9 Å². The van der Waals surface area contributed by atoms with Crippen LogP contribution in [0.4, 0.5) is 5.69 Å². The SMILES string of the molecule is N#C[C@H]1[C@H]2C(=O)N(c3ccc4ccccc4c3)C(=O)[C@H]2[C@H]2c3ccccc3C=C[NH+]21. The molecule has 0 aromatic heterocycles. The Morgan fingerprint density at radius 1 is 0.867 bits per heavy atom. The maximum Gasteiger partial charge on any atom is 0.245 e. The number of carbonyl (C=O) groups is 2. The van der Waals surface area contributed by atoms with E-state index in [4.69, 9.17) is 0 Å². The van der Waals surface area contributed by atoms with Crippen LogP contribution in [0.5, 0.6) is 0 Å². The van der Waals surface area contributed by atoms with Crippen molar-refractivity contribution < 1.29 is 14.5 Å². The van der Waals surface area contributed by atoms with Crippen LogP contribution < -0.4 is 9.80 Å². The molecule has 0 saturated carbocycles. The van der Waals surface area contributed by atoms with Gasteiger partial charge >= 0.3 is 0 Å². The molecule has 3 heterocycles. The van der Waals surface area contributed by atoms with Crippen molar-refractivity contribution in [2.45, 2.75) is 12.1 Å². The topological polar surface area (TPSA) is 65.6 Å². The van der Waals surface area contributed by atoms with Crippen LogP contribution in [0.2, 0.25) is 0 Å². The van der Waals surface area contributed by atoms with Gasteiger partial charge < -0.3 is 0 Å². The molecule has 30 heavy (non-hydrogen) atoms. The fourth-order valence-electron chi connectivity index (χ4n) is 5.46. The van der Waals surface area contributed by atoms with Gasteiger partial charge in [-0.05, 0) is 34.5 Å². The fourth-order valence-corrected chi connectivity index (χ4v) is 5.46. The molecule has 3 aliphatic heterocycles. The van der Waals surface area contributed by atoms with Crippen molar-refractivity contribution in [2.75, 3.05) is 4.90 Å². The van der Waals surface area contributed by atoms with E-state index in [0.717, 1.165) is 26.8 Å². The van der Waals surface area contributed by atoms with Crippen LogP contribution in [0, 0.1) is 23.2 Å². The summed E-state index contributed by atoms with van der Waals surface area (Å²) in [7, 11) is 0. The third-order valence-corrected chi connectivity index (χ3v) is 6.75. The lowest BCUT2D eigenvalue weighted by molar-refractivity contribution is -0.885. The normalized spacial score (nSPS) is 28.9. The highest BCUT2D eigenvalue weighted by Crippen LogP contribution is 2.44. The zero-order valence-corrected chi connectivity index (χ0v) is 16.0. The van der Waals surface area contributed by atoms with Gasteiger partial charge in [0.2, 0.25) is 11.8 Å². The number of carbonyl (C=O) groups excluding carboxylic acids is 2. The summed E-state index contributed by atoms with van der Waals surface area (Å²) < 4.78 is 0. The lowest BCUT2D eigenvalue weighted by Gasteiger charge is -2.29. The third kappa shape index (κ3) is 2.14. The molecule has 0 bridgehead atoms. The number of imide groups is 1. The van der Waals surface area contributed by atoms with E-state index in [9.17, 15) is 14.9 Å². The maximum absolute atomic E-state index is 13.6. The van der Waals surface area contributed by atoms with Crippen molar-refractivity contribution in [3.05, 3.63) is 84.1 Å². The van der Waals surface area contributed by atoms with E-state index in [-0.39, 0.29) is 17.9 Å². The van der Waals surface area contributed by atoms with Gasteiger partial charge in [-0.1, -0.05) is 54.6 Å². The van der Waals surface area contributed by atoms with Crippen molar-refractivity contribution in [3.63, 3.8) is 0 Å². The van der Waals surface area contributed by atoms with Crippen LogP contribution in [-0.4, -0.2) is 17.9 Å². The number of hydrogen-bond donors (Lipinski definition) is 1. The first kappa shape index (κ1) is 17.1. The molecule has 5 nitrogen and oxygen atoms in total. The van der Waals surface area contributed by atoms with Crippen molar-refractivity contribution in [1.82, 2.24) is 0 Å². The summed E-state index contributed by atoms with van der Waals surface area (Å²) in [4.78, 5) is 29.3. The van der Waals surface area contributed by atoms with Gasteiger partial charge in [-0.3, -0.25) is 14.5 Å². The second kappa shape index (κ2) is 6.12. The van der Waals surface area contributed by atoms with E-state index in [0.29, 0.717) is 5.69 Å². The monoisotopic (exact) mass is 392 g/mol. The molecule has 2 fully saturated rings. The van der Waals surface area contributed by atoms with E-state index >= 15 is 0 Å². The van der Waals surface area contributed by atoms with E-state index < -0.39 is 17.9 Å². The van der Waals surface area contributed by atoms with Gasteiger partial charge in [0.25, 0.3) is 0 Å². The highest BCUT2D eigenvalue weighted by Gasteiger charge is 2.66. The second-order valence-corrected chi connectivity index (χ2v) is 8.14. The molecule has 3 aromatic rings. The Kier molecular flexibility index (Phi) is 3.50. The number of hydrogen-bond acceptors (Lipinski definition) is 3. The smallest absolute Gasteiger partial charge is 0.245 e. The molecule has 5 heteroatoms. The van der Waals surface area contributed by atoms with Gasteiger partial charge in [-0.15, -0.1) is 0 Å². The number of nitrogens with one attached hydrogen (secondary N) is 1. The molecule has 5 atom stereocenters. The summed E-state index contributed by atoms with van der Waals surface area (Å²) in [6.07, 6.45) is 3.93. The molecule has 2 saturated heterocycles. The highest BCUT2D eigenvalue weighted by atomic mass is 16.2. The van der Waals surface area contributed by atoms with Gasteiger partial charge in [0, 0.05) is 5.56 Å². The Bertz CT molecular complexity index is 1300. The number of fused-ring (bicyclic) bond motifs is 6. The molecule has 144 valence electrons. The molecular weight excluding hydrogens is 374 g/mol. The predicted molar refractivity (Wildman–Crippen MR) is 112 cm³/mol. The molecule has 6 rings (SSSR count). The van der Waals surface area contributed by atoms with Crippen LogP contribution in [-0.2, 0) is 9.59 Å². The third-order valence-electron chi connectivity index (χ3n) is 6.75. The Morgan fingerprint density at radius 2 is 1.60 bits per heavy atom. The summed E-state index contributed by atoms with van der Waals surface area (Å²) in [5.74, 6) is -1.63. The van der Waals surface area contributed by atoms with E-state index in [1.807, 2.05) is 79.0 Å². The van der Waals surface area contributed by atoms with Crippen molar-refractivity contribution in [3.8, 4) is 6.07 Å². The number of anilines is 1. The molecule has 1 unspecified atom stereocenters. The lowest BCUT2D eigenvalue weighted by Crippen LogP contribution is -3.10. The second-order valence-electron chi connectivity index (χ2n) is 8.14. The standard InChI is InChI=1S/C25H17N3O2/c26-14-20-21-22(23-19-8-4-3-6-16(19)11-12-27(20)23)25(30)28(24(21)29)18-10-9-15-5-1-2-7-17(15)13-18/h1-13,20-23H/p+1/t20-,21+,22+,23+/m0/s1. The Hall–Kier alpha value is -3.75. The van der Waals surface area contributed by atoms with Crippen LogP contribution >= 0.6 is 0 Å². The summed E-state index contributed by atoms with van der Waals surface area (Å²) in [5.41, 5.74) is 2.66. The van der Waals surface area contributed by atoms with Gasteiger partial charge in [-0.2, -0.15) is 5.26 Å². The Morgan fingerprint density at radius 3 is 2.43 bits per heavy atom. The molecule has 0 radical (unpaired) electrons. The Labute approximate surface area is 173 Å². The minimum absolute atomic E-state index is 0.203. The first-order chi connectivity index (χ1) is 14.7. The lowest BCUT2D eigenvalue weighted by atomic mass is 9.85. The molecule has 3 aliphatic rings. The van der Waals surface area contributed by atoms with Crippen molar-refractivity contribution >= 4 is 34.4 Å². The molecule has 0 spiro atoms. The van der Waals surface area contributed by atoms with Crippen LogP contribution in [0.15, 0.2) is 72.9 Å². The summed E-state index contributed by atoms with van der Waals surface area (Å²) in [6.45, 7) is 0. The maximum atomic E-state index is 13.6. The minimum atomic E-state index is -0.634. The summed E-state index contributed by atoms with van der Waals surface area (Å²) in [5, 5.41) is 11.9. The van der Waals surface area contributed by atoms with Crippen LogP contribution in [0.1, 0.15) is 17.2 Å². The quantitative estimate of drug-likeness (QED) is 0.647. The molecule has 1 N–H and O–H groups in total. The highest BCUT2D eigenvalue weighted by molar-refractivity contribution is 6.23. The molecule has 0 aliphatic carbocycles. The first-order valence-corrected chi connectivity index (χ1v) is 10.1. The Balaban J connectivity index is 1.48. The number of nitriles is 1. The molecule has 3 aromatic carbocycles. The first-order valence-electron chi connectivity index (χ1n) is 10.1. The number of amides is 2. The predicted octanol–water partition coefficient (Wildman–Crippen LogP) is 2.46. The largest absolute Gasteiger partial charge is 0.287 e. The van der Waals surface area contributed by atoms with Gasteiger partial charge in [0.05, 0.1) is 11.9 Å². The average Bonchev–Trinajstić information content (AvgIpc) is 3.25. The molecule has 2 amide bonds. The van der Waals surface area contributed by atoms with Crippen molar-refractivity contribution in [1.29, 1.82) is 5.26 Å². The van der Waals surface area contributed by atoms with E-state index in [2.05, 4.69) is 6.07 Å². The average molecular weight is 392 g/mol. The van der Waals surface area contributed by atoms with E-state index in [1.165, 1.54) is 4.90 Å². The zero-order chi connectivity index (χ0) is 20.4. The van der Waals surface area contributed by atoms with Gasteiger partial charge in [-0.25, -0.2) is 4.90 Å².